The van der Waals surface area contributed by atoms with Gasteiger partial charge in [0.25, 0.3) is 5.91 Å². The highest BCUT2D eigenvalue weighted by molar-refractivity contribution is 7.19. The maximum Gasteiger partial charge on any atom is 0.260 e. The molecule has 1 aliphatic carbocycles. The van der Waals surface area contributed by atoms with Crippen LogP contribution in [0.4, 0.5) is 10.3 Å². The molecular weight excluding hydrogens is 405 g/mol. The summed E-state index contributed by atoms with van der Waals surface area (Å²) >= 11 is 13.4. The zero-order valence-electron chi connectivity index (χ0n) is 14.9. The number of nitrogens with one attached hydrogen (secondary N) is 3. The fourth-order valence-corrected chi connectivity index (χ4v) is 4.35. The molecule has 3 rings (SSSR count). The van der Waals surface area contributed by atoms with Gasteiger partial charge in [-0.1, -0.05) is 59.9 Å². The lowest BCUT2D eigenvalue weighted by atomic mass is 9.95. The Labute approximate surface area is 173 Å². The van der Waals surface area contributed by atoms with E-state index in [1.807, 2.05) is 0 Å². The molecular formula is C18H23Cl2N5OS. The van der Waals surface area contributed by atoms with Gasteiger partial charge in [-0.3, -0.25) is 10.1 Å². The van der Waals surface area contributed by atoms with Crippen LogP contribution in [0.3, 0.4) is 0 Å². The highest BCUT2D eigenvalue weighted by Crippen LogP contribution is 2.26. The number of amides is 1. The Bertz CT molecular complexity index is 744. The molecule has 0 atom stereocenters. The van der Waals surface area contributed by atoms with Crippen LogP contribution in [0.15, 0.2) is 18.2 Å². The number of carbonyl (C=O) groups is 1. The maximum absolute atomic E-state index is 12.3. The van der Waals surface area contributed by atoms with Crippen molar-refractivity contribution < 1.29 is 4.79 Å². The number of benzene rings is 1. The van der Waals surface area contributed by atoms with Crippen molar-refractivity contribution in [2.45, 2.75) is 44.6 Å². The molecule has 146 valence electrons. The lowest BCUT2D eigenvalue weighted by molar-refractivity contribution is 0.102. The summed E-state index contributed by atoms with van der Waals surface area (Å²) in [4.78, 5) is 12.3. The maximum atomic E-state index is 12.3. The molecule has 1 heterocycles. The van der Waals surface area contributed by atoms with Crippen molar-refractivity contribution in [3.05, 3.63) is 33.8 Å². The molecule has 1 saturated carbocycles. The third kappa shape index (κ3) is 6.04. The van der Waals surface area contributed by atoms with Crippen LogP contribution in [0.25, 0.3) is 0 Å². The van der Waals surface area contributed by atoms with E-state index in [9.17, 15) is 4.79 Å². The second-order valence-corrected chi connectivity index (χ2v) is 8.32. The van der Waals surface area contributed by atoms with Crippen LogP contribution in [-0.4, -0.2) is 35.2 Å². The Morgan fingerprint density at radius 3 is 2.52 bits per heavy atom. The van der Waals surface area contributed by atoms with Gasteiger partial charge in [0, 0.05) is 12.6 Å². The first-order valence-corrected chi connectivity index (χ1v) is 10.8. The monoisotopic (exact) mass is 427 g/mol. The molecule has 3 N–H and O–H groups in total. The largest absolute Gasteiger partial charge is 0.360 e. The van der Waals surface area contributed by atoms with Gasteiger partial charge in [0.2, 0.25) is 10.3 Å². The summed E-state index contributed by atoms with van der Waals surface area (Å²) in [6.07, 6.45) is 7.65. The van der Waals surface area contributed by atoms with Crippen LogP contribution >= 0.6 is 34.5 Å². The number of hydrogen-bond acceptors (Lipinski definition) is 6. The van der Waals surface area contributed by atoms with E-state index in [2.05, 4.69) is 26.1 Å². The molecule has 1 aliphatic rings. The zero-order valence-corrected chi connectivity index (χ0v) is 17.3. The van der Waals surface area contributed by atoms with E-state index >= 15 is 0 Å². The molecule has 0 bridgehead atoms. The fourth-order valence-electron chi connectivity index (χ4n) is 3.12. The Balaban J connectivity index is 1.41. The second kappa shape index (κ2) is 10.2. The van der Waals surface area contributed by atoms with Crippen LogP contribution in [-0.2, 0) is 0 Å². The molecule has 0 saturated heterocycles. The SMILES string of the molecule is O=C(Nc1nnc(NCCCNC2CCCCC2)s1)c1c(Cl)cccc1Cl. The van der Waals surface area contributed by atoms with E-state index in [0.717, 1.165) is 19.5 Å². The van der Waals surface area contributed by atoms with E-state index in [1.165, 1.54) is 43.4 Å². The van der Waals surface area contributed by atoms with Gasteiger partial charge in [0.05, 0.1) is 15.6 Å². The third-order valence-corrected chi connectivity index (χ3v) is 5.93. The summed E-state index contributed by atoms with van der Waals surface area (Å²) in [5.74, 6) is -0.398. The van der Waals surface area contributed by atoms with Crippen molar-refractivity contribution in [1.29, 1.82) is 0 Å². The Morgan fingerprint density at radius 2 is 1.78 bits per heavy atom. The van der Waals surface area contributed by atoms with E-state index in [4.69, 9.17) is 23.2 Å². The molecule has 2 aromatic rings. The van der Waals surface area contributed by atoms with Crippen molar-refractivity contribution in [1.82, 2.24) is 15.5 Å². The van der Waals surface area contributed by atoms with Crippen LogP contribution in [0.5, 0.6) is 0 Å². The van der Waals surface area contributed by atoms with Gasteiger partial charge in [-0.05, 0) is 37.9 Å². The van der Waals surface area contributed by atoms with E-state index < -0.39 is 5.91 Å². The van der Waals surface area contributed by atoms with E-state index in [1.54, 1.807) is 18.2 Å². The van der Waals surface area contributed by atoms with Gasteiger partial charge in [-0.2, -0.15) is 0 Å². The van der Waals surface area contributed by atoms with Gasteiger partial charge < -0.3 is 10.6 Å². The number of anilines is 2. The first-order chi connectivity index (χ1) is 13.1. The molecule has 27 heavy (non-hydrogen) atoms. The number of halogens is 2. The molecule has 0 radical (unpaired) electrons. The van der Waals surface area contributed by atoms with Crippen LogP contribution in [0.2, 0.25) is 10.0 Å². The Hall–Kier alpha value is -1.41. The van der Waals surface area contributed by atoms with Crippen LogP contribution in [0, 0.1) is 0 Å². The van der Waals surface area contributed by atoms with Gasteiger partial charge in [0.15, 0.2) is 0 Å². The normalized spacial score (nSPS) is 14.9. The summed E-state index contributed by atoms with van der Waals surface area (Å²) in [5, 5.41) is 19.3. The van der Waals surface area contributed by atoms with Gasteiger partial charge in [-0.25, -0.2) is 0 Å². The molecule has 1 fully saturated rings. The molecule has 1 amide bonds. The van der Waals surface area contributed by atoms with E-state index in [0.29, 0.717) is 26.4 Å². The quantitative estimate of drug-likeness (QED) is 0.526. The van der Waals surface area contributed by atoms with Gasteiger partial charge in [0.1, 0.15) is 0 Å². The Morgan fingerprint density at radius 1 is 1.07 bits per heavy atom. The van der Waals surface area contributed by atoms with Gasteiger partial charge in [-0.15, -0.1) is 10.2 Å². The second-order valence-electron chi connectivity index (χ2n) is 6.53. The average Bonchev–Trinajstić information content (AvgIpc) is 3.09. The summed E-state index contributed by atoms with van der Waals surface area (Å²) in [6.45, 7) is 1.80. The highest BCUT2D eigenvalue weighted by atomic mass is 35.5. The van der Waals surface area contributed by atoms with Crippen LogP contribution < -0.4 is 16.0 Å². The molecule has 0 aliphatic heterocycles. The predicted molar refractivity (Wildman–Crippen MR) is 112 cm³/mol. The lowest BCUT2D eigenvalue weighted by Crippen LogP contribution is -2.32. The third-order valence-electron chi connectivity index (χ3n) is 4.50. The predicted octanol–water partition coefficient (Wildman–Crippen LogP) is 4.82. The standard InChI is InChI=1S/C18H23Cl2N5OS/c19-13-8-4-9-14(20)15(13)16(26)23-18-25-24-17(27-18)22-11-5-10-21-12-6-2-1-3-7-12/h4,8-9,12,21H,1-3,5-7,10-11H2,(H,22,24)(H,23,25,26). The Kier molecular flexibility index (Phi) is 7.70. The molecule has 0 unspecified atom stereocenters. The summed E-state index contributed by atoms with van der Waals surface area (Å²) < 4.78 is 0. The molecule has 0 spiro atoms. The number of nitrogens with zero attached hydrogens (tertiary/aromatic N) is 2. The minimum atomic E-state index is -0.398. The minimum Gasteiger partial charge on any atom is -0.360 e. The smallest absolute Gasteiger partial charge is 0.260 e. The number of carbonyl (C=O) groups excluding carboxylic acids is 1. The topological polar surface area (TPSA) is 78.9 Å². The van der Waals surface area contributed by atoms with Gasteiger partial charge >= 0.3 is 0 Å². The molecule has 1 aromatic heterocycles. The first kappa shape index (κ1) is 20.3. The van der Waals surface area contributed by atoms with Crippen molar-refractivity contribution in [3.63, 3.8) is 0 Å². The lowest BCUT2D eigenvalue weighted by Gasteiger charge is -2.22. The molecule has 1 aromatic carbocycles. The van der Waals surface area contributed by atoms with Crippen LogP contribution in [0.1, 0.15) is 48.9 Å². The fraction of sp³-hybridized carbons (Fsp3) is 0.500. The summed E-state index contributed by atoms with van der Waals surface area (Å²) in [5.41, 5.74) is 0.235. The molecule has 9 heteroatoms. The molecule has 6 nitrogen and oxygen atoms in total. The number of rotatable bonds is 8. The van der Waals surface area contributed by atoms with E-state index in [-0.39, 0.29) is 5.56 Å². The van der Waals surface area contributed by atoms with Crippen molar-refractivity contribution in [3.8, 4) is 0 Å². The summed E-state index contributed by atoms with van der Waals surface area (Å²) in [6, 6.07) is 5.62. The average molecular weight is 428 g/mol. The number of aromatic nitrogens is 2. The zero-order chi connectivity index (χ0) is 19.1. The van der Waals surface area contributed by atoms with Crippen molar-refractivity contribution in [2.24, 2.45) is 0 Å². The summed E-state index contributed by atoms with van der Waals surface area (Å²) in [7, 11) is 0. The minimum absolute atomic E-state index is 0.235. The number of hydrogen-bond donors (Lipinski definition) is 3. The van der Waals surface area contributed by atoms with Crippen molar-refractivity contribution in [2.75, 3.05) is 23.7 Å². The highest BCUT2D eigenvalue weighted by Gasteiger charge is 2.16. The first-order valence-electron chi connectivity index (χ1n) is 9.19. The van der Waals surface area contributed by atoms with Crippen molar-refractivity contribution >= 4 is 50.7 Å².